The predicted octanol–water partition coefficient (Wildman–Crippen LogP) is 2.19. The van der Waals surface area contributed by atoms with Gasteiger partial charge >= 0.3 is 5.97 Å². The monoisotopic (exact) mass is 358 g/mol. The molecule has 0 atom stereocenters. The number of esters is 1. The van der Waals surface area contributed by atoms with Gasteiger partial charge in [-0.1, -0.05) is 27.3 Å². The summed E-state index contributed by atoms with van der Waals surface area (Å²) in [6, 6.07) is 5.64. The van der Waals surface area contributed by atoms with Crippen molar-refractivity contribution in [1.29, 1.82) is 0 Å². The Kier molecular flexibility index (Phi) is 5.05. The molecule has 2 rings (SSSR count). The molecule has 1 aromatic carbocycles. The molecule has 0 bridgehead atoms. The number of carbonyl (C=O) groups is 2. The molecule has 0 aliphatic rings. The van der Waals surface area contributed by atoms with Gasteiger partial charge in [0.05, 0.1) is 10.2 Å². The van der Waals surface area contributed by atoms with E-state index in [4.69, 9.17) is 4.74 Å². The number of nitrogens with one attached hydrogen (secondary N) is 1. The molecule has 0 saturated heterocycles. The average Bonchev–Trinajstić information content (AvgIpc) is 2.78. The van der Waals surface area contributed by atoms with E-state index >= 15 is 0 Å². The fraction of sp³-hybridized carbons (Fsp3) is 0.250. The van der Waals surface area contributed by atoms with Crippen LogP contribution in [0.25, 0.3) is 10.2 Å². The van der Waals surface area contributed by atoms with Crippen LogP contribution in [-0.4, -0.2) is 37.2 Å². The summed E-state index contributed by atoms with van der Waals surface area (Å²) >= 11 is 4.72. The van der Waals surface area contributed by atoms with Crippen LogP contribution in [0.2, 0.25) is 0 Å². The number of ether oxygens (including phenoxy) is 2. The van der Waals surface area contributed by atoms with E-state index in [0.29, 0.717) is 5.13 Å². The van der Waals surface area contributed by atoms with E-state index < -0.39 is 11.9 Å². The van der Waals surface area contributed by atoms with Gasteiger partial charge in [0.25, 0.3) is 5.91 Å². The molecule has 106 valence electrons. The normalized spacial score (nSPS) is 10.5. The molecule has 20 heavy (non-hydrogen) atoms. The second kappa shape index (κ2) is 6.78. The van der Waals surface area contributed by atoms with E-state index in [1.54, 1.807) is 0 Å². The summed E-state index contributed by atoms with van der Waals surface area (Å²) in [5.41, 5.74) is 0.796. The van der Waals surface area contributed by atoms with Crippen molar-refractivity contribution in [3.05, 3.63) is 22.7 Å². The Balaban J connectivity index is 1.94. The molecule has 6 nitrogen and oxygen atoms in total. The Labute approximate surface area is 127 Å². The first-order valence-corrected chi connectivity index (χ1v) is 7.20. The molecule has 0 aliphatic heterocycles. The molecule has 2 aromatic rings. The molecular weight excluding hydrogens is 348 g/mol. The molecule has 0 radical (unpaired) electrons. The summed E-state index contributed by atoms with van der Waals surface area (Å²) < 4.78 is 11.2. The number of hydrogen-bond acceptors (Lipinski definition) is 6. The van der Waals surface area contributed by atoms with Gasteiger partial charge in [0, 0.05) is 11.6 Å². The summed E-state index contributed by atoms with van der Waals surface area (Å²) in [4.78, 5) is 26.9. The maximum absolute atomic E-state index is 11.6. The van der Waals surface area contributed by atoms with Crippen LogP contribution in [-0.2, 0) is 19.1 Å². The van der Waals surface area contributed by atoms with Crippen LogP contribution in [0.3, 0.4) is 0 Å². The first kappa shape index (κ1) is 14.9. The Morgan fingerprint density at radius 2 is 2.20 bits per heavy atom. The van der Waals surface area contributed by atoms with Gasteiger partial charge in [-0.05, 0) is 18.2 Å². The topological polar surface area (TPSA) is 77.5 Å². The molecule has 0 fully saturated rings. The summed E-state index contributed by atoms with van der Waals surface area (Å²) in [6.45, 7) is -0.537. The van der Waals surface area contributed by atoms with E-state index in [2.05, 4.69) is 31.0 Å². The number of rotatable bonds is 5. The maximum atomic E-state index is 11.6. The van der Waals surface area contributed by atoms with Crippen LogP contribution in [0.15, 0.2) is 22.7 Å². The van der Waals surface area contributed by atoms with E-state index in [-0.39, 0.29) is 13.2 Å². The third-order valence-electron chi connectivity index (χ3n) is 2.22. The average molecular weight is 359 g/mol. The molecule has 0 aliphatic carbocycles. The number of fused-ring (bicyclic) bond motifs is 1. The fourth-order valence-corrected chi connectivity index (χ4v) is 2.85. The number of benzene rings is 1. The number of thiazole rings is 1. The number of hydrogen-bond donors (Lipinski definition) is 1. The van der Waals surface area contributed by atoms with Gasteiger partial charge in [0.15, 0.2) is 11.7 Å². The number of amides is 1. The zero-order valence-electron chi connectivity index (χ0n) is 10.5. The highest BCUT2D eigenvalue weighted by Gasteiger charge is 2.10. The van der Waals surface area contributed by atoms with Crippen molar-refractivity contribution < 1.29 is 19.1 Å². The summed E-state index contributed by atoms with van der Waals surface area (Å²) in [7, 11) is 1.38. The molecule has 8 heteroatoms. The molecule has 1 aromatic heterocycles. The van der Waals surface area contributed by atoms with Gasteiger partial charge in [-0.3, -0.25) is 10.1 Å². The van der Waals surface area contributed by atoms with Gasteiger partial charge in [0.1, 0.15) is 6.61 Å². The largest absolute Gasteiger partial charge is 0.454 e. The summed E-state index contributed by atoms with van der Waals surface area (Å²) in [6.07, 6.45) is 0. The SMILES string of the molecule is COCC(=O)OCC(=O)Nc1nc2ccc(Br)cc2s1. The zero-order valence-corrected chi connectivity index (χ0v) is 12.9. The van der Waals surface area contributed by atoms with Crippen LogP contribution in [0.5, 0.6) is 0 Å². The minimum atomic E-state index is -0.587. The molecule has 0 saturated carbocycles. The molecular formula is C12H11BrN2O4S. The standard InChI is InChI=1S/C12H11BrN2O4S/c1-18-6-11(17)19-5-10(16)15-12-14-8-3-2-7(13)4-9(8)20-12/h2-4H,5-6H2,1H3,(H,14,15,16). The van der Waals surface area contributed by atoms with E-state index in [9.17, 15) is 9.59 Å². The number of aromatic nitrogens is 1. The van der Waals surface area contributed by atoms with Crippen LogP contribution >= 0.6 is 27.3 Å². The molecule has 0 spiro atoms. The van der Waals surface area contributed by atoms with Crippen molar-refractivity contribution in [2.24, 2.45) is 0 Å². The molecule has 0 unspecified atom stereocenters. The second-order valence-electron chi connectivity index (χ2n) is 3.77. The number of anilines is 1. The van der Waals surface area contributed by atoms with Gasteiger partial charge < -0.3 is 9.47 Å². The van der Waals surface area contributed by atoms with Crippen LogP contribution < -0.4 is 5.32 Å². The first-order valence-electron chi connectivity index (χ1n) is 5.59. The lowest BCUT2D eigenvalue weighted by atomic mass is 10.3. The second-order valence-corrected chi connectivity index (χ2v) is 5.72. The van der Waals surface area contributed by atoms with Crippen LogP contribution in [0.1, 0.15) is 0 Å². The third-order valence-corrected chi connectivity index (χ3v) is 3.65. The minimum Gasteiger partial charge on any atom is -0.454 e. The Hall–Kier alpha value is -1.51. The van der Waals surface area contributed by atoms with Crippen molar-refractivity contribution in [2.75, 3.05) is 25.6 Å². The van der Waals surface area contributed by atoms with Gasteiger partial charge in [-0.25, -0.2) is 9.78 Å². The lowest BCUT2D eigenvalue weighted by Gasteiger charge is -2.03. The Morgan fingerprint density at radius 1 is 1.40 bits per heavy atom. The summed E-state index contributed by atoms with van der Waals surface area (Å²) in [5.74, 6) is -1.02. The van der Waals surface area contributed by atoms with E-state index in [0.717, 1.165) is 14.7 Å². The van der Waals surface area contributed by atoms with E-state index in [1.807, 2.05) is 18.2 Å². The predicted molar refractivity (Wildman–Crippen MR) is 78.8 cm³/mol. The highest BCUT2D eigenvalue weighted by atomic mass is 79.9. The van der Waals surface area contributed by atoms with Crippen molar-refractivity contribution in [3.8, 4) is 0 Å². The van der Waals surface area contributed by atoms with Crippen molar-refractivity contribution in [2.45, 2.75) is 0 Å². The lowest BCUT2D eigenvalue weighted by Crippen LogP contribution is -2.22. The maximum Gasteiger partial charge on any atom is 0.332 e. The Morgan fingerprint density at radius 3 is 2.95 bits per heavy atom. The van der Waals surface area contributed by atoms with Crippen molar-refractivity contribution in [3.63, 3.8) is 0 Å². The van der Waals surface area contributed by atoms with Crippen molar-refractivity contribution >= 4 is 54.5 Å². The van der Waals surface area contributed by atoms with Crippen molar-refractivity contribution in [1.82, 2.24) is 4.98 Å². The van der Waals surface area contributed by atoms with Gasteiger partial charge in [-0.15, -0.1) is 0 Å². The minimum absolute atomic E-state index is 0.178. The smallest absolute Gasteiger partial charge is 0.332 e. The van der Waals surface area contributed by atoms with Crippen LogP contribution in [0, 0.1) is 0 Å². The Bertz CT molecular complexity index is 643. The highest BCUT2D eigenvalue weighted by Crippen LogP contribution is 2.28. The lowest BCUT2D eigenvalue weighted by molar-refractivity contribution is -0.150. The van der Waals surface area contributed by atoms with E-state index in [1.165, 1.54) is 18.4 Å². The third kappa shape index (κ3) is 3.99. The molecule has 1 amide bonds. The summed E-state index contributed by atoms with van der Waals surface area (Å²) in [5, 5.41) is 3.05. The number of nitrogens with zero attached hydrogens (tertiary/aromatic N) is 1. The number of halogens is 1. The van der Waals surface area contributed by atoms with Gasteiger partial charge in [0.2, 0.25) is 0 Å². The molecule has 1 heterocycles. The quantitative estimate of drug-likeness (QED) is 0.828. The molecule has 1 N–H and O–H groups in total. The van der Waals surface area contributed by atoms with Crippen LogP contribution in [0.4, 0.5) is 5.13 Å². The first-order chi connectivity index (χ1) is 9.58. The number of carbonyl (C=O) groups excluding carboxylic acids is 2. The number of methoxy groups -OCH3 is 1. The van der Waals surface area contributed by atoms with Gasteiger partial charge in [-0.2, -0.15) is 0 Å². The highest BCUT2D eigenvalue weighted by molar-refractivity contribution is 9.10. The zero-order chi connectivity index (χ0) is 14.5. The fourth-order valence-electron chi connectivity index (χ4n) is 1.41.